The van der Waals surface area contributed by atoms with Crippen LogP contribution in [-0.4, -0.2) is 21.3 Å². The lowest BCUT2D eigenvalue weighted by atomic mass is 10.0. The molecular formula is C16H23N3O. The van der Waals surface area contributed by atoms with Crippen molar-refractivity contribution >= 4 is 0 Å². The monoisotopic (exact) mass is 273 g/mol. The summed E-state index contributed by atoms with van der Waals surface area (Å²) in [4.78, 5) is 0. The highest BCUT2D eigenvalue weighted by molar-refractivity contribution is 5.19. The number of aromatic amines is 1. The summed E-state index contributed by atoms with van der Waals surface area (Å²) in [7, 11) is 0. The van der Waals surface area contributed by atoms with E-state index in [1.165, 1.54) is 5.56 Å². The summed E-state index contributed by atoms with van der Waals surface area (Å²) < 4.78 is 0. The van der Waals surface area contributed by atoms with E-state index >= 15 is 0 Å². The molecule has 0 aliphatic rings. The number of nitrogens with zero attached hydrogens (tertiary/aromatic N) is 1. The van der Waals surface area contributed by atoms with Crippen molar-refractivity contribution in [2.75, 3.05) is 0 Å². The molecular weight excluding hydrogens is 250 g/mol. The first kappa shape index (κ1) is 14.8. The molecule has 108 valence electrons. The van der Waals surface area contributed by atoms with E-state index in [9.17, 15) is 5.11 Å². The van der Waals surface area contributed by atoms with E-state index in [4.69, 9.17) is 0 Å². The fraction of sp³-hybridized carbons (Fsp3) is 0.438. The van der Waals surface area contributed by atoms with Crippen LogP contribution in [0.1, 0.15) is 49.2 Å². The zero-order valence-electron chi connectivity index (χ0n) is 12.3. The summed E-state index contributed by atoms with van der Waals surface area (Å²) in [6.45, 7) is 6.23. The molecule has 0 amide bonds. The molecule has 0 saturated carbocycles. The number of rotatable bonds is 6. The smallest absolute Gasteiger partial charge is 0.0804 e. The first-order chi connectivity index (χ1) is 9.58. The summed E-state index contributed by atoms with van der Waals surface area (Å²) in [5.74, 6) is 0. The number of aliphatic hydroxyl groups is 1. The standard InChI is InChI=1S/C16H23N3O/c1-11(9-16(20)14-7-5-4-6-8-14)18-12(2)15-10-17-19-13(15)3/h4-8,10-12,16,18,20H,9H2,1-3H3,(H,17,19). The third-order valence-electron chi connectivity index (χ3n) is 3.63. The van der Waals surface area contributed by atoms with Crippen molar-refractivity contribution in [3.8, 4) is 0 Å². The fourth-order valence-corrected chi connectivity index (χ4v) is 2.53. The molecule has 0 radical (unpaired) electrons. The van der Waals surface area contributed by atoms with Gasteiger partial charge in [0, 0.05) is 23.3 Å². The molecule has 2 aromatic rings. The quantitative estimate of drug-likeness (QED) is 0.758. The van der Waals surface area contributed by atoms with Gasteiger partial charge in [-0.3, -0.25) is 5.10 Å². The predicted octanol–water partition coefficient (Wildman–Crippen LogP) is 2.88. The Morgan fingerprint density at radius 3 is 2.55 bits per heavy atom. The molecule has 0 saturated heterocycles. The number of nitrogens with one attached hydrogen (secondary N) is 2. The maximum atomic E-state index is 10.2. The topological polar surface area (TPSA) is 60.9 Å². The van der Waals surface area contributed by atoms with Gasteiger partial charge >= 0.3 is 0 Å². The number of hydrogen-bond donors (Lipinski definition) is 3. The third-order valence-corrected chi connectivity index (χ3v) is 3.63. The van der Waals surface area contributed by atoms with Gasteiger partial charge in [0.25, 0.3) is 0 Å². The van der Waals surface area contributed by atoms with Crippen LogP contribution < -0.4 is 5.32 Å². The van der Waals surface area contributed by atoms with Gasteiger partial charge in [0.15, 0.2) is 0 Å². The summed E-state index contributed by atoms with van der Waals surface area (Å²) in [6.07, 6.45) is 2.11. The van der Waals surface area contributed by atoms with Gasteiger partial charge in [-0.1, -0.05) is 30.3 Å². The molecule has 3 atom stereocenters. The van der Waals surface area contributed by atoms with E-state index in [0.29, 0.717) is 6.42 Å². The molecule has 0 fully saturated rings. The van der Waals surface area contributed by atoms with E-state index in [0.717, 1.165) is 11.3 Å². The van der Waals surface area contributed by atoms with Crippen LogP contribution in [0.5, 0.6) is 0 Å². The molecule has 4 nitrogen and oxygen atoms in total. The Hall–Kier alpha value is -1.65. The number of H-pyrrole nitrogens is 1. The molecule has 4 heteroatoms. The molecule has 0 bridgehead atoms. The minimum Gasteiger partial charge on any atom is -0.388 e. The number of hydrogen-bond acceptors (Lipinski definition) is 3. The van der Waals surface area contributed by atoms with Crippen LogP contribution in [0.3, 0.4) is 0 Å². The summed E-state index contributed by atoms with van der Waals surface area (Å²) in [5.41, 5.74) is 3.22. The summed E-state index contributed by atoms with van der Waals surface area (Å²) in [6, 6.07) is 10.2. The van der Waals surface area contributed by atoms with Crippen LogP contribution >= 0.6 is 0 Å². The van der Waals surface area contributed by atoms with Gasteiger partial charge in [0.1, 0.15) is 0 Å². The normalized spacial score (nSPS) is 15.8. The van der Waals surface area contributed by atoms with Crippen molar-refractivity contribution in [1.82, 2.24) is 15.5 Å². The average molecular weight is 273 g/mol. The fourth-order valence-electron chi connectivity index (χ4n) is 2.53. The lowest BCUT2D eigenvalue weighted by Gasteiger charge is -2.22. The molecule has 3 unspecified atom stereocenters. The maximum Gasteiger partial charge on any atom is 0.0804 e. The van der Waals surface area contributed by atoms with Crippen molar-refractivity contribution in [3.05, 3.63) is 53.3 Å². The van der Waals surface area contributed by atoms with Gasteiger partial charge in [-0.25, -0.2) is 0 Å². The van der Waals surface area contributed by atoms with Gasteiger partial charge < -0.3 is 10.4 Å². The van der Waals surface area contributed by atoms with Crippen LogP contribution in [0, 0.1) is 6.92 Å². The van der Waals surface area contributed by atoms with Crippen LogP contribution in [0.15, 0.2) is 36.5 Å². The van der Waals surface area contributed by atoms with Crippen LogP contribution in [-0.2, 0) is 0 Å². The molecule has 3 N–H and O–H groups in total. The second kappa shape index (κ2) is 6.68. The number of benzene rings is 1. The zero-order valence-corrected chi connectivity index (χ0v) is 12.3. The zero-order chi connectivity index (χ0) is 14.5. The van der Waals surface area contributed by atoms with Crippen molar-refractivity contribution in [3.63, 3.8) is 0 Å². The van der Waals surface area contributed by atoms with E-state index < -0.39 is 6.10 Å². The number of aryl methyl sites for hydroxylation is 1. The predicted molar refractivity (Wildman–Crippen MR) is 80.4 cm³/mol. The Bertz CT molecular complexity index is 524. The van der Waals surface area contributed by atoms with Crippen LogP contribution in [0.25, 0.3) is 0 Å². The molecule has 20 heavy (non-hydrogen) atoms. The van der Waals surface area contributed by atoms with Gasteiger partial charge in [0.05, 0.1) is 12.3 Å². The van der Waals surface area contributed by atoms with E-state index in [1.807, 2.05) is 43.5 Å². The van der Waals surface area contributed by atoms with E-state index in [-0.39, 0.29) is 12.1 Å². The van der Waals surface area contributed by atoms with E-state index in [2.05, 4.69) is 29.4 Å². The van der Waals surface area contributed by atoms with Crippen LogP contribution in [0.2, 0.25) is 0 Å². The van der Waals surface area contributed by atoms with Gasteiger partial charge in [-0.15, -0.1) is 0 Å². The molecule has 2 rings (SSSR count). The largest absolute Gasteiger partial charge is 0.388 e. The Balaban J connectivity index is 1.89. The first-order valence-electron chi connectivity index (χ1n) is 7.07. The number of aliphatic hydroxyl groups excluding tert-OH is 1. The average Bonchev–Trinajstić information content (AvgIpc) is 2.86. The number of aromatic nitrogens is 2. The summed E-state index contributed by atoms with van der Waals surface area (Å²) >= 11 is 0. The Morgan fingerprint density at radius 1 is 1.25 bits per heavy atom. The molecule has 1 aromatic heterocycles. The Morgan fingerprint density at radius 2 is 1.95 bits per heavy atom. The Kier molecular flexibility index (Phi) is 4.93. The molecule has 1 heterocycles. The second-order valence-electron chi connectivity index (χ2n) is 5.40. The second-order valence-corrected chi connectivity index (χ2v) is 5.40. The van der Waals surface area contributed by atoms with Gasteiger partial charge in [-0.05, 0) is 32.8 Å². The van der Waals surface area contributed by atoms with Gasteiger partial charge in [0.2, 0.25) is 0 Å². The minimum absolute atomic E-state index is 0.215. The highest BCUT2D eigenvalue weighted by atomic mass is 16.3. The lowest BCUT2D eigenvalue weighted by Crippen LogP contribution is -2.30. The molecule has 0 aliphatic heterocycles. The third kappa shape index (κ3) is 3.68. The maximum absolute atomic E-state index is 10.2. The summed E-state index contributed by atoms with van der Waals surface area (Å²) in [5, 5.41) is 20.7. The Labute approximate surface area is 120 Å². The van der Waals surface area contributed by atoms with E-state index in [1.54, 1.807) is 0 Å². The first-order valence-corrected chi connectivity index (χ1v) is 7.07. The van der Waals surface area contributed by atoms with Crippen molar-refractivity contribution in [2.24, 2.45) is 0 Å². The lowest BCUT2D eigenvalue weighted by molar-refractivity contribution is 0.152. The SMILES string of the molecule is Cc1[nH]ncc1C(C)NC(C)CC(O)c1ccccc1. The van der Waals surface area contributed by atoms with Crippen molar-refractivity contribution in [2.45, 2.75) is 45.4 Å². The van der Waals surface area contributed by atoms with Crippen LogP contribution in [0.4, 0.5) is 0 Å². The van der Waals surface area contributed by atoms with Crippen molar-refractivity contribution < 1.29 is 5.11 Å². The molecule has 0 spiro atoms. The van der Waals surface area contributed by atoms with Gasteiger partial charge in [-0.2, -0.15) is 5.10 Å². The minimum atomic E-state index is -0.434. The van der Waals surface area contributed by atoms with Crippen molar-refractivity contribution in [1.29, 1.82) is 0 Å². The highest BCUT2D eigenvalue weighted by Gasteiger charge is 2.16. The molecule has 0 aliphatic carbocycles. The highest BCUT2D eigenvalue weighted by Crippen LogP contribution is 2.20. The molecule has 1 aromatic carbocycles.